The number of ether oxygens (including phenoxy) is 1. The fourth-order valence-corrected chi connectivity index (χ4v) is 1.78. The number of hydrogen-bond acceptors (Lipinski definition) is 2. The van der Waals surface area contributed by atoms with Gasteiger partial charge < -0.3 is 10.5 Å². The lowest BCUT2D eigenvalue weighted by molar-refractivity contribution is 0.442. The number of aryl methyl sites for hydroxylation is 1. The summed E-state index contributed by atoms with van der Waals surface area (Å²) in [6.07, 6.45) is 0.956. The molecule has 0 amide bonds. The normalized spacial score (nSPS) is 10.2. The number of halogens is 1. The first-order valence-electron chi connectivity index (χ1n) is 5.96. The number of nitrogens with two attached hydrogens (primary N) is 1. The first-order valence-corrected chi connectivity index (χ1v) is 6.37. The monoisotopic (exact) mass is 275 g/mol. The molecule has 0 heterocycles. The van der Waals surface area contributed by atoms with Gasteiger partial charge in [0.15, 0.2) is 11.6 Å². The average Bonchev–Trinajstić information content (AvgIpc) is 2.41. The lowest BCUT2D eigenvalue weighted by Crippen LogP contribution is -2.09. The second-order valence-electron chi connectivity index (χ2n) is 4.11. The maximum Gasteiger partial charge on any atom is 0.166 e. The van der Waals surface area contributed by atoms with Crippen molar-refractivity contribution < 1.29 is 9.13 Å². The van der Waals surface area contributed by atoms with Crippen LogP contribution in [0.4, 0.5) is 4.39 Å². The minimum absolute atomic E-state index is 0.157. The minimum Gasteiger partial charge on any atom is -0.454 e. The van der Waals surface area contributed by atoms with Crippen molar-refractivity contribution in [1.82, 2.24) is 0 Å². The van der Waals surface area contributed by atoms with Crippen LogP contribution in [0.25, 0.3) is 0 Å². The van der Waals surface area contributed by atoms with Gasteiger partial charge >= 0.3 is 0 Å². The van der Waals surface area contributed by atoms with Crippen molar-refractivity contribution >= 4 is 17.2 Å². The third-order valence-electron chi connectivity index (χ3n) is 2.78. The molecule has 0 aliphatic rings. The maximum absolute atomic E-state index is 13.8. The molecule has 98 valence electrons. The van der Waals surface area contributed by atoms with E-state index in [0.29, 0.717) is 11.3 Å². The summed E-state index contributed by atoms with van der Waals surface area (Å²) in [5, 5.41) is 0. The molecule has 0 aromatic heterocycles. The molecule has 2 rings (SSSR count). The van der Waals surface area contributed by atoms with Crippen LogP contribution in [0.2, 0.25) is 0 Å². The summed E-state index contributed by atoms with van der Waals surface area (Å²) in [5.41, 5.74) is 7.13. The summed E-state index contributed by atoms with van der Waals surface area (Å²) >= 11 is 4.79. The Morgan fingerprint density at radius 2 is 1.89 bits per heavy atom. The second kappa shape index (κ2) is 5.80. The third kappa shape index (κ3) is 3.29. The Kier molecular flexibility index (Phi) is 4.12. The van der Waals surface area contributed by atoms with Gasteiger partial charge in [-0.3, -0.25) is 0 Å². The van der Waals surface area contributed by atoms with E-state index in [1.54, 1.807) is 6.07 Å². The molecule has 0 saturated heterocycles. The maximum atomic E-state index is 13.8. The van der Waals surface area contributed by atoms with Crippen molar-refractivity contribution in [1.29, 1.82) is 0 Å². The SMILES string of the molecule is CCc1ccc(Oc2ccc(C(N)=S)cc2F)cc1. The van der Waals surface area contributed by atoms with Gasteiger partial charge in [-0.05, 0) is 42.3 Å². The fourth-order valence-electron chi connectivity index (χ4n) is 1.66. The number of rotatable bonds is 4. The topological polar surface area (TPSA) is 35.2 Å². The molecule has 2 nitrogen and oxygen atoms in total. The molecule has 19 heavy (non-hydrogen) atoms. The van der Waals surface area contributed by atoms with Crippen LogP contribution < -0.4 is 10.5 Å². The molecule has 0 bridgehead atoms. The molecule has 0 aliphatic carbocycles. The average molecular weight is 275 g/mol. The summed E-state index contributed by atoms with van der Waals surface area (Å²) < 4.78 is 19.3. The van der Waals surface area contributed by atoms with Gasteiger partial charge in [-0.1, -0.05) is 31.3 Å². The minimum atomic E-state index is -0.482. The third-order valence-corrected chi connectivity index (χ3v) is 3.01. The van der Waals surface area contributed by atoms with Crippen molar-refractivity contribution in [2.24, 2.45) is 5.73 Å². The summed E-state index contributed by atoms with van der Waals surface area (Å²) in [4.78, 5) is 0.165. The van der Waals surface area contributed by atoms with Crippen LogP contribution in [0.3, 0.4) is 0 Å². The van der Waals surface area contributed by atoms with E-state index in [4.69, 9.17) is 22.7 Å². The van der Waals surface area contributed by atoms with E-state index in [1.807, 2.05) is 24.3 Å². The van der Waals surface area contributed by atoms with Crippen LogP contribution in [-0.4, -0.2) is 4.99 Å². The van der Waals surface area contributed by atoms with Gasteiger partial charge in [-0.25, -0.2) is 4.39 Å². The fraction of sp³-hybridized carbons (Fsp3) is 0.133. The second-order valence-corrected chi connectivity index (χ2v) is 4.55. The van der Waals surface area contributed by atoms with Crippen molar-refractivity contribution in [3.63, 3.8) is 0 Å². The zero-order valence-electron chi connectivity index (χ0n) is 10.5. The van der Waals surface area contributed by atoms with Crippen LogP contribution >= 0.6 is 12.2 Å². The highest BCUT2D eigenvalue weighted by molar-refractivity contribution is 7.80. The van der Waals surface area contributed by atoms with E-state index >= 15 is 0 Å². The molecule has 0 spiro atoms. The highest BCUT2D eigenvalue weighted by Crippen LogP contribution is 2.25. The largest absolute Gasteiger partial charge is 0.454 e. The Labute approximate surface area is 117 Å². The van der Waals surface area contributed by atoms with Gasteiger partial charge in [0.2, 0.25) is 0 Å². The predicted molar refractivity (Wildman–Crippen MR) is 78.2 cm³/mol. The van der Waals surface area contributed by atoms with Gasteiger partial charge in [-0.15, -0.1) is 0 Å². The molecule has 0 saturated carbocycles. The number of benzene rings is 2. The zero-order valence-corrected chi connectivity index (χ0v) is 11.3. The summed E-state index contributed by atoms with van der Waals surface area (Å²) in [5.74, 6) is 0.272. The van der Waals surface area contributed by atoms with E-state index in [9.17, 15) is 4.39 Å². The molecule has 2 aromatic rings. The molecule has 2 N–H and O–H groups in total. The highest BCUT2D eigenvalue weighted by atomic mass is 32.1. The summed E-state index contributed by atoms with van der Waals surface area (Å²) in [7, 11) is 0. The van der Waals surface area contributed by atoms with Crippen molar-refractivity contribution in [2.45, 2.75) is 13.3 Å². The lowest BCUT2D eigenvalue weighted by Gasteiger charge is -2.08. The van der Waals surface area contributed by atoms with Crippen LogP contribution in [0, 0.1) is 5.82 Å². The lowest BCUT2D eigenvalue weighted by atomic mass is 10.2. The van der Waals surface area contributed by atoms with Crippen LogP contribution in [0.1, 0.15) is 18.1 Å². The molecular formula is C15H14FNOS. The van der Waals surface area contributed by atoms with Crippen molar-refractivity contribution in [3.05, 3.63) is 59.4 Å². The Balaban J connectivity index is 2.20. The number of hydrogen-bond donors (Lipinski definition) is 1. The summed E-state index contributed by atoms with van der Waals surface area (Å²) in [6, 6.07) is 12.0. The van der Waals surface area contributed by atoms with Gasteiger partial charge in [0, 0.05) is 5.56 Å². The van der Waals surface area contributed by atoms with Crippen LogP contribution in [-0.2, 0) is 6.42 Å². The Bertz CT molecular complexity index is 596. The van der Waals surface area contributed by atoms with E-state index in [2.05, 4.69) is 6.92 Å². The first-order chi connectivity index (χ1) is 9.10. The van der Waals surface area contributed by atoms with Gasteiger partial charge in [0.05, 0.1) is 0 Å². The molecular weight excluding hydrogens is 261 g/mol. The van der Waals surface area contributed by atoms with E-state index in [0.717, 1.165) is 6.42 Å². The number of thiocarbonyl (C=S) groups is 1. The quantitative estimate of drug-likeness (QED) is 0.862. The molecule has 0 aliphatic heterocycles. The molecule has 0 unspecified atom stereocenters. The molecule has 0 fully saturated rings. The molecule has 4 heteroatoms. The standard InChI is InChI=1S/C15H14FNOS/c1-2-10-3-6-12(7-4-10)18-14-8-5-11(15(17)19)9-13(14)16/h3-9H,2H2,1H3,(H2,17,19). The van der Waals surface area contributed by atoms with Gasteiger partial charge in [0.25, 0.3) is 0 Å². The van der Waals surface area contributed by atoms with Gasteiger partial charge in [-0.2, -0.15) is 0 Å². The van der Waals surface area contributed by atoms with E-state index in [1.165, 1.54) is 17.7 Å². The van der Waals surface area contributed by atoms with Gasteiger partial charge in [0.1, 0.15) is 10.7 Å². The molecule has 2 aromatic carbocycles. The van der Waals surface area contributed by atoms with Crippen molar-refractivity contribution in [3.8, 4) is 11.5 Å². The first kappa shape index (κ1) is 13.5. The highest BCUT2D eigenvalue weighted by Gasteiger charge is 2.07. The van der Waals surface area contributed by atoms with E-state index < -0.39 is 5.82 Å². The zero-order chi connectivity index (χ0) is 13.8. The predicted octanol–water partition coefficient (Wildman–Crippen LogP) is 3.81. The Hall–Kier alpha value is -1.94. The van der Waals surface area contributed by atoms with Crippen LogP contribution in [0.5, 0.6) is 11.5 Å². The Morgan fingerprint density at radius 1 is 1.21 bits per heavy atom. The van der Waals surface area contributed by atoms with Crippen LogP contribution in [0.15, 0.2) is 42.5 Å². The Morgan fingerprint density at radius 3 is 2.42 bits per heavy atom. The van der Waals surface area contributed by atoms with E-state index in [-0.39, 0.29) is 10.7 Å². The van der Waals surface area contributed by atoms with Crippen molar-refractivity contribution in [2.75, 3.05) is 0 Å². The summed E-state index contributed by atoms with van der Waals surface area (Å²) in [6.45, 7) is 2.07. The molecule has 0 radical (unpaired) electrons. The smallest absolute Gasteiger partial charge is 0.166 e. The molecule has 0 atom stereocenters.